The summed E-state index contributed by atoms with van der Waals surface area (Å²) in [4.78, 5) is 13.2. The van der Waals surface area contributed by atoms with Gasteiger partial charge in [-0.3, -0.25) is 4.79 Å². The zero-order chi connectivity index (χ0) is 15.0. The van der Waals surface area contributed by atoms with Gasteiger partial charge in [-0.15, -0.1) is 10.2 Å². The Bertz CT molecular complexity index is 364. The fraction of sp³-hybridized carbons (Fsp3) is 0.750. The van der Waals surface area contributed by atoms with Crippen molar-refractivity contribution < 1.29 is 33.7 Å². The van der Waals surface area contributed by atoms with E-state index in [1.165, 1.54) is 24.3 Å². The van der Waals surface area contributed by atoms with Gasteiger partial charge in [0.05, 0.1) is 6.54 Å². The Hall–Kier alpha value is -0.490. The maximum absolute atomic E-state index is 11.3. The van der Waals surface area contributed by atoms with Crippen molar-refractivity contribution in [3.05, 3.63) is 0 Å². The van der Waals surface area contributed by atoms with Crippen molar-refractivity contribution in [2.45, 2.75) is 25.7 Å². The van der Waals surface area contributed by atoms with Gasteiger partial charge in [0.25, 0.3) is 0 Å². The molecule has 0 unspecified atom stereocenters. The quantitative estimate of drug-likeness (QED) is 0.383. The SMILES string of the molecule is O=C1CCCN1CC#CC[S+]1CCCC1.[O-][Cl+3]([O-])([O-])[O-]. The van der Waals surface area contributed by atoms with Gasteiger partial charge < -0.3 is 4.90 Å². The Labute approximate surface area is 123 Å². The van der Waals surface area contributed by atoms with E-state index in [1.807, 2.05) is 4.90 Å². The maximum atomic E-state index is 11.3. The molecule has 0 saturated carbocycles. The first kappa shape index (κ1) is 17.6. The molecule has 0 N–H and O–H groups in total. The van der Waals surface area contributed by atoms with Gasteiger partial charge >= 0.3 is 0 Å². The standard InChI is InChI=1S/C12H18NOS.ClHO4/c14-12-6-5-8-13(12)7-1-2-9-15-10-3-4-11-15;2-1(3,4)5/h3-11H2;(H,2,3,4,5)/q+1;/p-1. The van der Waals surface area contributed by atoms with Crippen LogP contribution in [0.1, 0.15) is 25.7 Å². The largest absolute Gasteiger partial charge is 0.332 e. The van der Waals surface area contributed by atoms with Crippen LogP contribution in [0.3, 0.4) is 0 Å². The number of hydrogen-bond donors (Lipinski definition) is 0. The van der Waals surface area contributed by atoms with E-state index in [4.69, 9.17) is 18.6 Å². The Morgan fingerprint density at radius 2 is 1.70 bits per heavy atom. The first-order valence-corrected chi connectivity index (χ1v) is 9.32. The smallest absolute Gasteiger partial charge is 0.223 e. The molecular weight excluding hydrogens is 306 g/mol. The second-order valence-electron chi connectivity index (χ2n) is 4.52. The highest BCUT2D eigenvalue weighted by molar-refractivity contribution is 7.97. The molecule has 2 rings (SSSR count). The molecule has 0 aromatic carbocycles. The molecule has 0 bridgehead atoms. The fourth-order valence-electron chi connectivity index (χ4n) is 2.03. The van der Waals surface area contributed by atoms with Gasteiger partial charge in [-0.1, -0.05) is 5.92 Å². The van der Waals surface area contributed by atoms with E-state index in [9.17, 15) is 4.79 Å². The summed E-state index contributed by atoms with van der Waals surface area (Å²) in [5, 5.41) is 0. The molecule has 2 heterocycles. The molecule has 20 heavy (non-hydrogen) atoms. The summed E-state index contributed by atoms with van der Waals surface area (Å²) in [7, 11) is -4.36. The van der Waals surface area contributed by atoms with Gasteiger partial charge in [0.1, 0.15) is 11.5 Å². The fourth-order valence-corrected chi connectivity index (χ4v) is 4.06. The van der Waals surface area contributed by atoms with E-state index in [2.05, 4.69) is 11.8 Å². The third-order valence-corrected chi connectivity index (χ3v) is 5.24. The molecule has 2 saturated heterocycles. The number of nitrogens with zero attached hydrogens (tertiary/aromatic N) is 1. The van der Waals surface area contributed by atoms with Crippen molar-refractivity contribution >= 4 is 16.8 Å². The van der Waals surface area contributed by atoms with Crippen molar-refractivity contribution in [3.63, 3.8) is 0 Å². The minimum atomic E-state index is -4.94. The number of likely N-dealkylation sites (tertiary alicyclic amines) is 1. The highest BCUT2D eigenvalue weighted by Gasteiger charge is 2.22. The van der Waals surface area contributed by atoms with E-state index in [-0.39, 0.29) is 5.91 Å². The molecule has 8 heteroatoms. The minimum absolute atomic E-state index is 0.285. The predicted molar refractivity (Wildman–Crippen MR) is 64.8 cm³/mol. The summed E-state index contributed by atoms with van der Waals surface area (Å²) >= 11 is 0. The number of rotatable bonds is 2. The Kier molecular flexibility index (Phi) is 7.66. The van der Waals surface area contributed by atoms with Crippen LogP contribution in [0.15, 0.2) is 0 Å². The molecular formula is C12H18ClNO5S. The lowest BCUT2D eigenvalue weighted by Gasteiger charge is -2.17. The zero-order valence-electron chi connectivity index (χ0n) is 11.1. The lowest BCUT2D eigenvalue weighted by molar-refractivity contribution is -2.00. The molecule has 2 aliphatic heterocycles. The van der Waals surface area contributed by atoms with Gasteiger partial charge in [0.2, 0.25) is 5.91 Å². The van der Waals surface area contributed by atoms with Crippen LogP contribution in [0.25, 0.3) is 0 Å². The van der Waals surface area contributed by atoms with Gasteiger partial charge in [0, 0.05) is 13.0 Å². The highest BCUT2D eigenvalue weighted by atomic mass is 35.7. The Morgan fingerprint density at radius 3 is 2.20 bits per heavy atom. The van der Waals surface area contributed by atoms with Gasteiger partial charge in [0.15, 0.2) is 5.75 Å². The molecule has 114 valence electrons. The third-order valence-electron chi connectivity index (χ3n) is 2.96. The van der Waals surface area contributed by atoms with Crippen LogP contribution < -0.4 is 18.6 Å². The summed E-state index contributed by atoms with van der Waals surface area (Å²) < 4.78 is 34.0. The van der Waals surface area contributed by atoms with E-state index < -0.39 is 10.2 Å². The van der Waals surface area contributed by atoms with Crippen LogP contribution in [0.5, 0.6) is 0 Å². The number of halogens is 1. The molecule has 1 amide bonds. The summed E-state index contributed by atoms with van der Waals surface area (Å²) in [5.74, 6) is 10.5. The number of carbonyl (C=O) groups excluding carboxylic acids is 1. The van der Waals surface area contributed by atoms with Crippen LogP contribution in [0, 0.1) is 22.1 Å². The highest BCUT2D eigenvalue weighted by Crippen LogP contribution is 2.12. The van der Waals surface area contributed by atoms with Crippen LogP contribution >= 0.6 is 0 Å². The topological polar surface area (TPSA) is 113 Å². The van der Waals surface area contributed by atoms with E-state index in [0.29, 0.717) is 17.4 Å². The second kappa shape index (κ2) is 8.72. The molecule has 0 aliphatic carbocycles. The normalized spacial score (nSPS) is 19.4. The maximum Gasteiger partial charge on any atom is 0.223 e. The molecule has 0 atom stereocenters. The third kappa shape index (κ3) is 8.64. The van der Waals surface area contributed by atoms with Crippen molar-refractivity contribution in [1.82, 2.24) is 4.90 Å². The molecule has 6 nitrogen and oxygen atoms in total. The van der Waals surface area contributed by atoms with Crippen molar-refractivity contribution in [2.75, 3.05) is 30.3 Å². The number of carbonyl (C=O) groups is 1. The van der Waals surface area contributed by atoms with Gasteiger partial charge in [-0.25, -0.2) is 18.6 Å². The lowest BCUT2D eigenvalue weighted by atomic mass is 10.4. The Balaban J connectivity index is 0.000000347. The van der Waals surface area contributed by atoms with Gasteiger partial charge in [-0.2, -0.15) is 0 Å². The summed E-state index contributed by atoms with van der Waals surface area (Å²) in [5.41, 5.74) is 0. The molecule has 0 aromatic heterocycles. The molecule has 0 radical (unpaired) electrons. The molecule has 2 fully saturated rings. The average molecular weight is 324 g/mol. The lowest BCUT2D eigenvalue weighted by Crippen LogP contribution is -2.68. The van der Waals surface area contributed by atoms with Gasteiger partial charge in [-0.05, 0) is 36.1 Å². The van der Waals surface area contributed by atoms with Crippen LogP contribution in [0.4, 0.5) is 0 Å². The van der Waals surface area contributed by atoms with Crippen LogP contribution in [0.2, 0.25) is 0 Å². The monoisotopic (exact) mass is 323 g/mol. The van der Waals surface area contributed by atoms with Crippen molar-refractivity contribution in [2.24, 2.45) is 0 Å². The first-order valence-electron chi connectivity index (χ1n) is 6.35. The molecule has 0 spiro atoms. The van der Waals surface area contributed by atoms with Crippen molar-refractivity contribution in [3.8, 4) is 11.8 Å². The van der Waals surface area contributed by atoms with Crippen LogP contribution in [-0.2, 0) is 15.7 Å². The first-order chi connectivity index (χ1) is 9.36. The average Bonchev–Trinajstić information content (AvgIpc) is 2.94. The zero-order valence-corrected chi connectivity index (χ0v) is 12.7. The molecule has 0 aromatic rings. The summed E-state index contributed by atoms with van der Waals surface area (Å²) in [6.07, 6.45) is 4.54. The van der Waals surface area contributed by atoms with E-state index in [1.54, 1.807) is 0 Å². The minimum Gasteiger partial charge on any atom is -0.332 e. The second-order valence-corrected chi connectivity index (χ2v) is 7.61. The van der Waals surface area contributed by atoms with Crippen molar-refractivity contribution in [1.29, 1.82) is 0 Å². The molecule has 2 aliphatic rings. The summed E-state index contributed by atoms with van der Waals surface area (Å²) in [6, 6.07) is 0. The predicted octanol–water partition coefficient (Wildman–Crippen LogP) is -3.73. The number of hydrogen-bond acceptors (Lipinski definition) is 5. The summed E-state index contributed by atoms with van der Waals surface area (Å²) in [6.45, 7) is 1.58. The van der Waals surface area contributed by atoms with Crippen LogP contribution in [-0.4, -0.2) is 41.2 Å². The Morgan fingerprint density at radius 1 is 1.10 bits per heavy atom. The van der Waals surface area contributed by atoms with E-state index in [0.717, 1.165) is 25.1 Å². The number of amides is 1. The van der Waals surface area contributed by atoms with E-state index >= 15 is 0 Å².